The molecule has 1 atom stereocenters. The molecule has 1 heterocycles. The molecule has 0 aliphatic carbocycles. The first-order valence-corrected chi connectivity index (χ1v) is 8.57. The van der Waals surface area contributed by atoms with Crippen LogP contribution in [-0.4, -0.2) is 27.5 Å². The van der Waals surface area contributed by atoms with Crippen molar-refractivity contribution in [3.05, 3.63) is 28.2 Å². The van der Waals surface area contributed by atoms with E-state index in [9.17, 15) is 21.6 Å². The van der Waals surface area contributed by atoms with E-state index in [1.165, 1.54) is 6.07 Å². The van der Waals surface area contributed by atoms with Crippen LogP contribution in [0.1, 0.15) is 18.4 Å². The average Bonchev–Trinajstić information content (AvgIpc) is 2.88. The Kier molecular flexibility index (Phi) is 6.70. The lowest BCUT2D eigenvalue weighted by atomic mass is 10.2. The summed E-state index contributed by atoms with van der Waals surface area (Å²) < 4.78 is 65.6. The molecule has 1 aromatic carbocycles. The molecule has 4 nitrogen and oxygen atoms in total. The van der Waals surface area contributed by atoms with Gasteiger partial charge >= 0.3 is 6.18 Å². The van der Waals surface area contributed by atoms with Gasteiger partial charge in [-0.3, -0.25) is 0 Å². The number of alkyl halides is 3. The summed E-state index contributed by atoms with van der Waals surface area (Å²) in [5.74, 6) is 0. The predicted octanol–water partition coefficient (Wildman–Crippen LogP) is 2.92. The van der Waals surface area contributed by atoms with Crippen LogP contribution in [-0.2, 0) is 16.2 Å². The molecular weight excluding hydrogens is 409 g/mol. The second kappa shape index (κ2) is 7.48. The lowest BCUT2D eigenvalue weighted by Crippen LogP contribution is -2.37. The number of benzene rings is 1. The SMILES string of the molecule is Cl.O=S(=O)(NCC1CCCN1)c1ccc(Br)cc1C(F)(F)F. The van der Waals surface area contributed by atoms with Crippen LogP contribution in [0.15, 0.2) is 27.6 Å². The van der Waals surface area contributed by atoms with Crippen LogP contribution in [0.2, 0.25) is 0 Å². The Bertz CT molecular complexity index is 619. The van der Waals surface area contributed by atoms with Crippen LogP contribution in [0.5, 0.6) is 0 Å². The minimum absolute atomic E-state index is 0. The van der Waals surface area contributed by atoms with Crippen LogP contribution in [0, 0.1) is 0 Å². The Morgan fingerprint density at radius 3 is 2.59 bits per heavy atom. The van der Waals surface area contributed by atoms with Crippen LogP contribution in [0.3, 0.4) is 0 Å². The van der Waals surface area contributed by atoms with E-state index in [4.69, 9.17) is 0 Å². The highest BCUT2D eigenvalue weighted by molar-refractivity contribution is 9.10. The molecule has 22 heavy (non-hydrogen) atoms. The van der Waals surface area contributed by atoms with Crippen molar-refractivity contribution >= 4 is 38.4 Å². The van der Waals surface area contributed by atoms with E-state index in [-0.39, 0.29) is 29.5 Å². The molecule has 0 saturated carbocycles. The zero-order chi connectivity index (χ0) is 15.7. The maximum atomic E-state index is 13.0. The third-order valence-corrected chi connectivity index (χ3v) is 5.19. The fourth-order valence-corrected chi connectivity index (χ4v) is 3.83. The molecule has 1 aromatic rings. The Hall–Kier alpha value is -0.350. The van der Waals surface area contributed by atoms with Crippen molar-refractivity contribution in [1.29, 1.82) is 0 Å². The van der Waals surface area contributed by atoms with Gasteiger partial charge in [0.1, 0.15) is 0 Å². The van der Waals surface area contributed by atoms with Gasteiger partial charge in [0.25, 0.3) is 0 Å². The molecule has 0 spiro atoms. The van der Waals surface area contributed by atoms with Crippen molar-refractivity contribution in [1.82, 2.24) is 10.0 Å². The van der Waals surface area contributed by atoms with Gasteiger partial charge in [-0.1, -0.05) is 15.9 Å². The fourth-order valence-electron chi connectivity index (χ4n) is 2.18. The van der Waals surface area contributed by atoms with Crippen LogP contribution in [0.25, 0.3) is 0 Å². The molecule has 1 unspecified atom stereocenters. The second-order valence-corrected chi connectivity index (χ2v) is 7.43. The minimum atomic E-state index is -4.74. The summed E-state index contributed by atoms with van der Waals surface area (Å²) in [5, 5.41) is 3.08. The summed E-state index contributed by atoms with van der Waals surface area (Å²) >= 11 is 2.92. The summed E-state index contributed by atoms with van der Waals surface area (Å²) in [6.45, 7) is 0.869. The van der Waals surface area contributed by atoms with Gasteiger partial charge in [-0.15, -0.1) is 12.4 Å². The number of rotatable bonds is 4. The first-order valence-electron chi connectivity index (χ1n) is 6.30. The van der Waals surface area contributed by atoms with Crippen molar-refractivity contribution in [2.75, 3.05) is 13.1 Å². The van der Waals surface area contributed by atoms with E-state index in [1.54, 1.807) is 0 Å². The van der Waals surface area contributed by atoms with Gasteiger partial charge in [0.05, 0.1) is 10.5 Å². The normalized spacial score (nSPS) is 19.0. The fraction of sp³-hybridized carbons (Fsp3) is 0.500. The quantitative estimate of drug-likeness (QED) is 0.783. The zero-order valence-corrected chi connectivity index (χ0v) is 14.5. The van der Waals surface area contributed by atoms with E-state index < -0.39 is 26.7 Å². The van der Waals surface area contributed by atoms with E-state index in [1.807, 2.05) is 0 Å². The molecule has 0 amide bonds. The van der Waals surface area contributed by atoms with Gasteiger partial charge in [0, 0.05) is 17.1 Å². The Morgan fingerprint density at radius 2 is 2.05 bits per heavy atom. The largest absolute Gasteiger partial charge is 0.417 e. The molecule has 1 aliphatic heterocycles. The molecule has 126 valence electrons. The van der Waals surface area contributed by atoms with Crippen molar-refractivity contribution in [2.24, 2.45) is 0 Å². The van der Waals surface area contributed by atoms with Crippen LogP contribution < -0.4 is 10.0 Å². The number of hydrogen-bond acceptors (Lipinski definition) is 3. The van der Waals surface area contributed by atoms with Gasteiger partial charge < -0.3 is 5.32 Å². The molecule has 2 N–H and O–H groups in total. The van der Waals surface area contributed by atoms with E-state index >= 15 is 0 Å². The maximum absolute atomic E-state index is 13.0. The molecule has 1 aliphatic rings. The predicted molar refractivity (Wildman–Crippen MR) is 82.6 cm³/mol. The molecule has 1 saturated heterocycles. The summed E-state index contributed by atoms with van der Waals surface area (Å²) in [6, 6.07) is 2.96. The van der Waals surface area contributed by atoms with Crippen molar-refractivity contribution < 1.29 is 21.6 Å². The highest BCUT2D eigenvalue weighted by Gasteiger charge is 2.37. The molecule has 1 fully saturated rings. The first kappa shape index (κ1) is 19.7. The number of sulfonamides is 1. The Balaban J connectivity index is 0.00000242. The first-order chi connectivity index (χ1) is 9.70. The monoisotopic (exact) mass is 422 g/mol. The average molecular weight is 424 g/mol. The Morgan fingerprint density at radius 1 is 1.36 bits per heavy atom. The molecule has 0 aromatic heterocycles. The van der Waals surface area contributed by atoms with Crippen molar-refractivity contribution in [3.63, 3.8) is 0 Å². The highest BCUT2D eigenvalue weighted by atomic mass is 79.9. The van der Waals surface area contributed by atoms with Crippen LogP contribution in [0.4, 0.5) is 13.2 Å². The number of nitrogens with one attached hydrogen (secondary N) is 2. The smallest absolute Gasteiger partial charge is 0.313 e. The second-order valence-electron chi connectivity index (χ2n) is 4.78. The molecule has 0 radical (unpaired) electrons. The van der Waals surface area contributed by atoms with Gasteiger partial charge in [-0.05, 0) is 37.6 Å². The Labute approximate surface area is 141 Å². The van der Waals surface area contributed by atoms with Gasteiger partial charge in [0.2, 0.25) is 10.0 Å². The van der Waals surface area contributed by atoms with E-state index in [0.29, 0.717) is 0 Å². The molecule has 10 heteroatoms. The summed E-state index contributed by atoms with van der Waals surface area (Å²) in [5.41, 5.74) is -1.18. The summed E-state index contributed by atoms with van der Waals surface area (Å²) in [4.78, 5) is -0.754. The summed E-state index contributed by atoms with van der Waals surface area (Å²) in [7, 11) is -4.21. The molecule has 2 rings (SSSR count). The summed E-state index contributed by atoms with van der Waals surface area (Å²) in [6.07, 6.45) is -3.01. The maximum Gasteiger partial charge on any atom is 0.417 e. The van der Waals surface area contributed by atoms with Crippen molar-refractivity contribution in [2.45, 2.75) is 30.0 Å². The lowest BCUT2D eigenvalue weighted by molar-refractivity contribution is -0.139. The van der Waals surface area contributed by atoms with Crippen molar-refractivity contribution in [3.8, 4) is 0 Å². The topological polar surface area (TPSA) is 58.2 Å². The third kappa shape index (κ3) is 4.82. The molecular formula is C12H15BrClF3N2O2S. The van der Waals surface area contributed by atoms with Crippen LogP contribution >= 0.6 is 28.3 Å². The lowest BCUT2D eigenvalue weighted by Gasteiger charge is -2.16. The van der Waals surface area contributed by atoms with E-state index in [0.717, 1.165) is 31.5 Å². The van der Waals surface area contributed by atoms with Gasteiger partial charge in [-0.2, -0.15) is 13.2 Å². The zero-order valence-electron chi connectivity index (χ0n) is 11.3. The number of halogens is 5. The van der Waals surface area contributed by atoms with Gasteiger partial charge in [0.15, 0.2) is 0 Å². The number of hydrogen-bond donors (Lipinski definition) is 2. The minimum Gasteiger partial charge on any atom is -0.313 e. The van der Waals surface area contributed by atoms with Gasteiger partial charge in [-0.25, -0.2) is 13.1 Å². The highest BCUT2D eigenvalue weighted by Crippen LogP contribution is 2.35. The molecule has 0 bridgehead atoms. The standard InChI is InChI=1S/C12H14BrF3N2O2S.ClH/c13-8-3-4-11(10(6-8)12(14,15)16)21(19,20)18-7-9-2-1-5-17-9;/h3-4,6,9,17-18H,1-2,5,7H2;1H. The van der Waals surface area contributed by atoms with E-state index in [2.05, 4.69) is 26.0 Å². The third-order valence-electron chi connectivity index (χ3n) is 3.22.